The van der Waals surface area contributed by atoms with Crippen molar-refractivity contribution < 1.29 is 28.7 Å². The van der Waals surface area contributed by atoms with Crippen molar-refractivity contribution in [1.29, 1.82) is 0 Å². The molecule has 2 aromatic rings. The summed E-state index contributed by atoms with van der Waals surface area (Å²) in [5.74, 6) is -1.91. The minimum Gasteiger partial charge on any atom is -0.455 e. The summed E-state index contributed by atoms with van der Waals surface area (Å²) in [6, 6.07) is 8.21. The molecule has 2 amide bonds. The van der Waals surface area contributed by atoms with Gasteiger partial charge in [0.1, 0.15) is 16.7 Å². The molecule has 0 unspecified atom stereocenters. The number of hydrogen-bond acceptors (Lipinski definition) is 9. The second-order valence-corrected chi connectivity index (χ2v) is 14.7. The molecule has 13 heteroatoms. The Morgan fingerprint density at radius 3 is 2.24 bits per heavy atom. The molecule has 2 rings (SSSR count). The van der Waals surface area contributed by atoms with E-state index in [4.69, 9.17) is 9.47 Å². The van der Waals surface area contributed by atoms with Crippen molar-refractivity contribution in [3.05, 3.63) is 62.4 Å². The summed E-state index contributed by atoms with van der Waals surface area (Å²) < 4.78 is 11.3. The Morgan fingerprint density at radius 2 is 1.69 bits per heavy atom. The molecule has 1 aromatic carbocycles. The average molecular weight is 699 g/mol. The molecule has 0 saturated carbocycles. The second kappa shape index (κ2) is 20.5. The van der Waals surface area contributed by atoms with Crippen LogP contribution in [0.25, 0.3) is 10.4 Å². The van der Waals surface area contributed by atoms with E-state index in [1.165, 1.54) is 23.2 Å². The lowest BCUT2D eigenvalue weighted by Crippen LogP contribution is -2.50. The van der Waals surface area contributed by atoms with E-state index in [1.807, 2.05) is 71.9 Å². The number of thiazole rings is 1. The first kappa shape index (κ1) is 41.2. The number of nitrogens with zero attached hydrogens (tertiary/aromatic N) is 5. The zero-order valence-corrected chi connectivity index (χ0v) is 31.2. The zero-order valence-electron chi connectivity index (χ0n) is 30.4. The fraction of sp³-hybridized carbons (Fsp3) is 0.639. The fourth-order valence-corrected chi connectivity index (χ4v) is 6.39. The van der Waals surface area contributed by atoms with Crippen LogP contribution in [-0.2, 0) is 30.3 Å². The van der Waals surface area contributed by atoms with Gasteiger partial charge in [-0.05, 0) is 47.6 Å². The van der Waals surface area contributed by atoms with Gasteiger partial charge in [-0.15, -0.1) is 11.3 Å². The Kier molecular flexibility index (Phi) is 17.3. The molecule has 0 aliphatic heterocycles. The van der Waals surface area contributed by atoms with E-state index in [2.05, 4.69) is 34.2 Å². The minimum atomic E-state index is -1.03. The molecular formula is C36H54N6O6S. The number of hydrogen-bond donors (Lipinski definition) is 1. The SMILES string of the molecule is CC[C@H](C)[C@H](N=[N+]=[N-])C(=O)N(COC(=O)CC(C)C)[C@H](C[C@@H](OC(C)=O)c1nc(C(=O)N[C@@H](Cc2ccccc2)CC(C)C)cs1)C(C)C. The number of aromatic nitrogens is 1. The fourth-order valence-electron chi connectivity index (χ4n) is 5.55. The highest BCUT2D eigenvalue weighted by Crippen LogP contribution is 2.32. The van der Waals surface area contributed by atoms with Crippen molar-refractivity contribution in [2.45, 2.75) is 119 Å². The van der Waals surface area contributed by atoms with Crippen LogP contribution in [0.3, 0.4) is 0 Å². The maximum Gasteiger partial charge on any atom is 0.307 e. The molecule has 1 aromatic heterocycles. The number of rotatable bonds is 20. The lowest BCUT2D eigenvalue weighted by atomic mass is 9.93. The molecule has 49 heavy (non-hydrogen) atoms. The molecule has 5 atom stereocenters. The molecule has 0 bridgehead atoms. The maximum absolute atomic E-state index is 14.1. The number of nitrogens with one attached hydrogen (secondary N) is 1. The molecule has 0 saturated heterocycles. The molecule has 1 N–H and O–H groups in total. The topological polar surface area (TPSA) is 164 Å². The smallest absolute Gasteiger partial charge is 0.307 e. The summed E-state index contributed by atoms with van der Waals surface area (Å²) in [4.78, 5) is 61.4. The quantitative estimate of drug-likeness (QED) is 0.0488. The van der Waals surface area contributed by atoms with Gasteiger partial charge in [0.15, 0.2) is 12.8 Å². The van der Waals surface area contributed by atoms with Crippen LogP contribution in [0.5, 0.6) is 0 Å². The van der Waals surface area contributed by atoms with Gasteiger partial charge in [-0.3, -0.25) is 19.2 Å². The normalized spacial score (nSPS) is 14.4. The zero-order chi connectivity index (χ0) is 36.7. The second-order valence-electron chi connectivity index (χ2n) is 13.8. The Balaban J connectivity index is 2.43. The Hall–Kier alpha value is -3.96. The first-order valence-corrected chi connectivity index (χ1v) is 18.0. The molecule has 1 heterocycles. The van der Waals surface area contributed by atoms with Crippen LogP contribution in [-0.4, -0.2) is 58.5 Å². The largest absolute Gasteiger partial charge is 0.455 e. The minimum absolute atomic E-state index is 0.0530. The first-order chi connectivity index (χ1) is 23.2. The lowest BCUT2D eigenvalue weighted by Gasteiger charge is -2.37. The third-order valence-electron chi connectivity index (χ3n) is 8.21. The highest BCUT2D eigenvalue weighted by atomic mass is 32.1. The lowest BCUT2D eigenvalue weighted by molar-refractivity contribution is -0.159. The number of benzene rings is 1. The van der Waals surface area contributed by atoms with Crippen LogP contribution < -0.4 is 5.32 Å². The molecule has 0 aliphatic rings. The summed E-state index contributed by atoms with van der Waals surface area (Å²) in [6.45, 7) is 16.4. The Morgan fingerprint density at radius 1 is 1.02 bits per heavy atom. The highest BCUT2D eigenvalue weighted by molar-refractivity contribution is 7.09. The predicted octanol–water partition coefficient (Wildman–Crippen LogP) is 7.65. The van der Waals surface area contributed by atoms with Gasteiger partial charge in [0.2, 0.25) is 5.91 Å². The van der Waals surface area contributed by atoms with Crippen molar-refractivity contribution >= 4 is 35.1 Å². The van der Waals surface area contributed by atoms with Crippen LogP contribution in [0.15, 0.2) is 40.8 Å². The molecule has 270 valence electrons. The number of esters is 2. The van der Waals surface area contributed by atoms with Crippen LogP contribution in [0.4, 0.5) is 0 Å². The van der Waals surface area contributed by atoms with Gasteiger partial charge in [0.05, 0.1) is 0 Å². The first-order valence-electron chi connectivity index (χ1n) is 17.1. The van der Waals surface area contributed by atoms with Crippen molar-refractivity contribution in [2.24, 2.45) is 28.8 Å². The number of azide groups is 1. The third kappa shape index (κ3) is 13.8. The van der Waals surface area contributed by atoms with Crippen LogP contribution in [0.1, 0.15) is 115 Å². The summed E-state index contributed by atoms with van der Waals surface area (Å²) in [5.41, 5.74) is 10.6. The van der Waals surface area contributed by atoms with Crippen LogP contribution in [0.2, 0.25) is 0 Å². The van der Waals surface area contributed by atoms with E-state index in [-0.39, 0.29) is 55.0 Å². The van der Waals surface area contributed by atoms with Gasteiger partial charge in [0.25, 0.3) is 5.91 Å². The maximum atomic E-state index is 14.1. The van der Waals surface area contributed by atoms with Gasteiger partial charge < -0.3 is 19.7 Å². The molecule has 0 aliphatic carbocycles. The van der Waals surface area contributed by atoms with Crippen molar-refractivity contribution in [3.63, 3.8) is 0 Å². The third-order valence-corrected chi connectivity index (χ3v) is 9.15. The molecular weight excluding hydrogens is 644 g/mol. The predicted molar refractivity (Wildman–Crippen MR) is 190 cm³/mol. The Labute approximate surface area is 295 Å². The molecule has 12 nitrogen and oxygen atoms in total. The average Bonchev–Trinajstić information content (AvgIpc) is 3.52. The van der Waals surface area contributed by atoms with Gasteiger partial charge in [-0.25, -0.2) is 4.98 Å². The number of ether oxygens (including phenoxy) is 2. The summed E-state index contributed by atoms with van der Waals surface area (Å²) >= 11 is 1.19. The van der Waals surface area contributed by atoms with Crippen LogP contribution >= 0.6 is 11.3 Å². The summed E-state index contributed by atoms with van der Waals surface area (Å²) in [7, 11) is 0. The van der Waals surface area contributed by atoms with E-state index < -0.39 is 36.0 Å². The summed E-state index contributed by atoms with van der Waals surface area (Å²) in [5, 5.41) is 8.99. The number of carbonyl (C=O) groups is 4. The van der Waals surface area contributed by atoms with Crippen molar-refractivity contribution in [3.8, 4) is 0 Å². The van der Waals surface area contributed by atoms with E-state index in [1.54, 1.807) is 5.38 Å². The van der Waals surface area contributed by atoms with Gasteiger partial charge in [-0.1, -0.05) is 97.3 Å². The van der Waals surface area contributed by atoms with E-state index in [9.17, 15) is 24.7 Å². The van der Waals surface area contributed by atoms with Gasteiger partial charge in [0, 0.05) is 42.1 Å². The van der Waals surface area contributed by atoms with Crippen LogP contribution in [0, 0.1) is 23.7 Å². The van der Waals surface area contributed by atoms with E-state index in [0.717, 1.165) is 12.0 Å². The molecule has 0 fully saturated rings. The van der Waals surface area contributed by atoms with Crippen molar-refractivity contribution in [1.82, 2.24) is 15.2 Å². The molecule has 0 spiro atoms. The monoisotopic (exact) mass is 698 g/mol. The Bertz CT molecular complexity index is 1410. The number of carbonyl (C=O) groups excluding carboxylic acids is 4. The highest BCUT2D eigenvalue weighted by Gasteiger charge is 2.37. The standard InChI is InChI=1S/C36H54N6O6S/c1-10-25(8)33(40-41-37)36(46)42(21-47-32(44)17-23(4)5)30(24(6)7)19-31(48-26(9)43)35-39-29(20-49-35)34(45)38-28(16-22(2)3)18-27-14-12-11-13-15-27/h11-15,20,22-25,28,30-31,33H,10,16-19,21H2,1-9H3,(H,38,45)/t25-,28+,30+,31+,33-/m0/s1. The summed E-state index contributed by atoms with van der Waals surface area (Å²) in [6.07, 6.45) is 1.40. The van der Waals surface area contributed by atoms with Gasteiger partial charge in [-0.2, -0.15) is 0 Å². The van der Waals surface area contributed by atoms with E-state index in [0.29, 0.717) is 23.8 Å². The molecule has 0 radical (unpaired) electrons. The van der Waals surface area contributed by atoms with E-state index >= 15 is 0 Å². The number of amides is 2. The van der Waals surface area contributed by atoms with Gasteiger partial charge >= 0.3 is 11.9 Å². The van der Waals surface area contributed by atoms with Crippen molar-refractivity contribution in [2.75, 3.05) is 6.73 Å².